The molecule has 4 heteroatoms. The molecule has 3 atom stereocenters. The normalized spacial score (nSPS) is 33.4. The average molecular weight is 309 g/mol. The first-order chi connectivity index (χ1) is 9.90. The molecule has 1 aromatic rings. The highest BCUT2D eigenvalue weighted by atomic mass is 35.5. The van der Waals surface area contributed by atoms with Gasteiger partial charge in [0.2, 0.25) is 5.88 Å². The van der Waals surface area contributed by atoms with E-state index in [4.69, 9.17) is 16.3 Å². The van der Waals surface area contributed by atoms with Crippen LogP contribution in [0.4, 0.5) is 0 Å². The summed E-state index contributed by atoms with van der Waals surface area (Å²) in [7, 11) is 0. The number of aromatic nitrogens is 2. The first-order valence-electron chi connectivity index (χ1n) is 8.06. The smallest absolute Gasteiger partial charge is 0.221 e. The molecular formula is C17H25ClN2O. The molecule has 0 aromatic carbocycles. The molecule has 2 bridgehead atoms. The van der Waals surface area contributed by atoms with Crippen LogP contribution in [-0.2, 0) is 6.42 Å². The fraction of sp³-hybridized carbons (Fsp3) is 0.765. The fourth-order valence-corrected chi connectivity index (χ4v) is 4.60. The Morgan fingerprint density at radius 3 is 2.67 bits per heavy atom. The van der Waals surface area contributed by atoms with E-state index in [0.29, 0.717) is 16.4 Å². The second kappa shape index (κ2) is 5.12. The monoisotopic (exact) mass is 308 g/mol. The lowest BCUT2D eigenvalue weighted by Crippen LogP contribution is -2.39. The lowest BCUT2D eigenvalue weighted by atomic mass is 9.70. The maximum Gasteiger partial charge on any atom is 0.221 e. The Morgan fingerprint density at radius 1 is 1.33 bits per heavy atom. The predicted molar refractivity (Wildman–Crippen MR) is 84.7 cm³/mol. The van der Waals surface area contributed by atoms with Gasteiger partial charge in [0.25, 0.3) is 0 Å². The van der Waals surface area contributed by atoms with E-state index in [0.717, 1.165) is 30.7 Å². The largest absolute Gasteiger partial charge is 0.473 e. The standard InChI is InChI=1S/C17H25ClN2O/c1-5-6-12-14(18)19-10-20-15(12)21-13-9-11-7-8-17(13,4)16(11,2)3/h10-11,13H,5-9H2,1-4H3. The maximum absolute atomic E-state index is 6.38. The molecule has 2 aliphatic rings. The van der Waals surface area contributed by atoms with Crippen molar-refractivity contribution in [1.82, 2.24) is 9.97 Å². The SMILES string of the molecule is CCCc1c(Cl)ncnc1OC1CC2CCC1(C)C2(C)C. The summed E-state index contributed by atoms with van der Waals surface area (Å²) in [6, 6.07) is 0. The molecule has 3 unspecified atom stereocenters. The van der Waals surface area contributed by atoms with Crippen molar-refractivity contribution >= 4 is 11.6 Å². The molecule has 0 radical (unpaired) electrons. The van der Waals surface area contributed by atoms with Gasteiger partial charge >= 0.3 is 0 Å². The lowest BCUT2D eigenvalue weighted by molar-refractivity contribution is 0.0265. The highest BCUT2D eigenvalue weighted by Crippen LogP contribution is 2.66. The lowest BCUT2D eigenvalue weighted by Gasteiger charge is -2.38. The van der Waals surface area contributed by atoms with E-state index in [1.165, 1.54) is 19.2 Å². The summed E-state index contributed by atoms with van der Waals surface area (Å²) in [6.07, 6.45) is 7.35. The van der Waals surface area contributed by atoms with E-state index < -0.39 is 0 Å². The van der Waals surface area contributed by atoms with E-state index >= 15 is 0 Å². The Kier molecular flexibility index (Phi) is 3.67. The molecule has 1 aromatic heterocycles. The van der Waals surface area contributed by atoms with Gasteiger partial charge in [-0.1, -0.05) is 45.7 Å². The van der Waals surface area contributed by atoms with E-state index in [1.807, 2.05) is 0 Å². The van der Waals surface area contributed by atoms with Crippen LogP contribution in [0.5, 0.6) is 5.88 Å². The van der Waals surface area contributed by atoms with E-state index in [9.17, 15) is 0 Å². The molecule has 0 N–H and O–H groups in total. The zero-order chi connectivity index (χ0) is 15.3. The molecule has 3 nitrogen and oxygen atoms in total. The fourth-order valence-electron chi connectivity index (χ4n) is 4.38. The van der Waals surface area contributed by atoms with Gasteiger partial charge < -0.3 is 4.74 Å². The number of ether oxygens (including phenoxy) is 1. The van der Waals surface area contributed by atoms with Crippen LogP contribution in [0.1, 0.15) is 58.9 Å². The molecule has 1 heterocycles. The van der Waals surface area contributed by atoms with Gasteiger partial charge in [-0.2, -0.15) is 0 Å². The zero-order valence-electron chi connectivity index (χ0n) is 13.4. The minimum atomic E-state index is 0.235. The highest BCUT2D eigenvalue weighted by molar-refractivity contribution is 6.30. The summed E-state index contributed by atoms with van der Waals surface area (Å²) in [5, 5.41) is 0.536. The third-order valence-corrected chi connectivity index (χ3v) is 6.65. The van der Waals surface area contributed by atoms with Crippen LogP contribution in [0, 0.1) is 16.7 Å². The van der Waals surface area contributed by atoms with Gasteiger partial charge in [-0.3, -0.25) is 0 Å². The summed E-state index contributed by atoms with van der Waals surface area (Å²) in [4.78, 5) is 8.47. The molecule has 3 rings (SSSR count). The Bertz CT molecular complexity index is 546. The van der Waals surface area contributed by atoms with Gasteiger partial charge in [0.15, 0.2) is 0 Å². The van der Waals surface area contributed by atoms with Gasteiger partial charge in [-0.05, 0) is 37.0 Å². The van der Waals surface area contributed by atoms with Crippen molar-refractivity contribution in [2.24, 2.45) is 16.7 Å². The Labute approximate surface area is 132 Å². The van der Waals surface area contributed by atoms with Gasteiger partial charge in [0, 0.05) is 5.41 Å². The molecule has 2 saturated carbocycles. The van der Waals surface area contributed by atoms with Crippen molar-refractivity contribution in [3.05, 3.63) is 17.0 Å². The predicted octanol–water partition coefficient (Wildman–Crippen LogP) is 4.68. The van der Waals surface area contributed by atoms with Crippen LogP contribution in [-0.4, -0.2) is 16.1 Å². The summed E-state index contributed by atoms with van der Waals surface area (Å²) in [6.45, 7) is 9.31. The van der Waals surface area contributed by atoms with E-state index in [-0.39, 0.29) is 11.5 Å². The van der Waals surface area contributed by atoms with Gasteiger partial charge in [-0.15, -0.1) is 0 Å². The summed E-state index contributed by atoms with van der Waals surface area (Å²) in [5.41, 5.74) is 1.55. The number of halogens is 1. The van der Waals surface area contributed by atoms with Gasteiger partial charge in [0.05, 0.1) is 5.56 Å². The van der Waals surface area contributed by atoms with Crippen molar-refractivity contribution < 1.29 is 4.74 Å². The molecular weight excluding hydrogens is 284 g/mol. The average Bonchev–Trinajstić information content (AvgIpc) is 2.76. The Morgan fingerprint density at radius 2 is 2.10 bits per heavy atom. The zero-order valence-corrected chi connectivity index (χ0v) is 14.2. The topological polar surface area (TPSA) is 35.0 Å². The van der Waals surface area contributed by atoms with Crippen molar-refractivity contribution in [1.29, 1.82) is 0 Å². The molecule has 0 saturated heterocycles. The minimum Gasteiger partial charge on any atom is -0.473 e. The molecule has 21 heavy (non-hydrogen) atoms. The molecule has 0 spiro atoms. The van der Waals surface area contributed by atoms with Crippen molar-refractivity contribution in [2.45, 2.75) is 65.9 Å². The third-order valence-electron chi connectivity index (χ3n) is 6.32. The Hall–Kier alpha value is -0.830. The summed E-state index contributed by atoms with van der Waals surface area (Å²) in [5.74, 6) is 1.46. The van der Waals surface area contributed by atoms with Gasteiger partial charge in [-0.25, -0.2) is 9.97 Å². The Balaban J connectivity index is 1.87. The number of nitrogens with zero attached hydrogens (tertiary/aromatic N) is 2. The third kappa shape index (κ3) is 2.16. The number of rotatable bonds is 4. The van der Waals surface area contributed by atoms with Crippen molar-refractivity contribution in [3.8, 4) is 5.88 Å². The van der Waals surface area contributed by atoms with Crippen molar-refractivity contribution in [2.75, 3.05) is 0 Å². The summed E-state index contributed by atoms with van der Waals surface area (Å²) < 4.78 is 6.38. The molecule has 2 fully saturated rings. The molecule has 0 amide bonds. The van der Waals surface area contributed by atoms with Crippen LogP contribution in [0.15, 0.2) is 6.33 Å². The number of fused-ring (bicyclic) bond motifs is 2. The molecule has 0 aliphatic heterocycles. The van der Waals surface area contributed by atoms with E-state index in [1.54, 1.807) is 0 Å². The number of hydrogen-bond donors (Lipinski definition) is 0. The minimum absolute atomic E-state index is 0.235. The number of hydrogen-bond acceptors (Lipinski definition) is 3. The quantitative estimate of drug-likeness (QED) is 0.758. The van der Waals surface area contributed by atoms with Gasteiger partial charge in [0.1, 0.15) is 17.6 Å². The van der Waals surface area contributed by atoms with Crippen molar-refractivity contribution in [3.63, 3.8) is 0 Å². The first-order valence-corrected chi connectivity index (χ1v) is 8.44. The van der Waals surface area contributed by atoms with Crippen LogP contribution in [0.25, 0.3) is 0 Å². The second-order valence-electron chi connectivity index (χ2n) is 7.42. The molecule has 116 valence electrons. The molecule has 2 aliphatic carbocycles. The van der Waals surface area contributed by atoms with Crippen LogP contribution >= 0.6 is 11.6 Å². The highest BCUT2D eigenvalue weighted by Gasteiger charge is 2.62. The van der Waals surface area contributed by atoms with E-state index in [2.05, 4.69) is 37.7 Å². The first kappa shape index (κ1) is 15.1. The van der Waals surface area contributed by atoms with Crippen LogP contribution in [0.3, 0.4) is 0 Å². The maximum atomic E-state index is 6.38. The summed E-state index contributed by atoms with van der Waals surface area (Å²) >= 11 is 6.23. The van der Waals surface area contributed by atoms with Crippen LogP contribution < -0.4 is 4.74 Å². The van der Waals surface area contributed by atoms with Crippen LogP contribution in [0.2, 0.25) is 5.15 Å². The second-order valence-corrected chi connectivity index (χ2v) is 7.77.